The largest absolute Gasteiger partial charge is 0.483 e. The van der Waals surface area contributed by atoms with Crippen LogP contribution >= 0.6 is 27.5 Å². The summed E-state index contributed by atoms with van der Waals surface area (Å²) in [6, 6.07) is 7.64. The minimum Gasteiger partial charge on any atom is -0.483 e. The van der Waals surface area contributed by atoms with Crippen molar-refractivity contribution >= 4 is 45.1 Å². The van der Waals surface area contributed by atoms with E-state index in [2.05, 4.69) is 21.2 Å². The van der Waals surface area contributed by atoms with E-state index in [1.165, 1.54) is 24.3 Å². The molecule has 0 aliphatic carbocycles. The van der Waals surface area contributed by atoms with Crippen molar-refractivity contribution in [1.29, 1.82) is 0 Å². The van der Waals surface area contributed by atoms with E-state index in [9.17, 15) is 9.59 Å². The van der Waals surface area contributed by atoms with Crippen LogP contribution in [-0.2, 0) is 4.79 Å². The number of carbonyl (C=O) groups excluding carboxylic acids is 1. The van der Waals surface area contributed by atoms with Gasteiger partial charge in [0.15, 0.2) is 6.61 Å². The van der Waals surface area contributed by atoms with Gasteiger partial charge in [-0.25, -0.2) is 4.79 Å². The van der Waals surface area contributed by atoms with Crippen LogP contribution in [0.2, 0.25) is 5.02 Å². The molecule has 0 heterocycles. The lowest BCUT2D eigenvalue weighted by molar-refractivity contribution is -0.118. The van der Waals surface area contributed by atoms with Gasteiger partial charge in [0.1, 0.15) is 5.75 Å². The molecule has 5 nitrogen and oxygen atoms in total. The van der Waals surface area contributed by atoms with Crippen molar-refractivity contribution in [2.45, 2.75) is 13.8 Å². The number of hydrogen-bond acceptors (Lipinski definition) is 3. The number of aryl methyl sites for hydroxylation is 1. The first-order valence-electron chi connectivity index (χ1n) is 7.00. The zero-order valence-corrected chi connectivity index (χ0v) is 15.4. The van der Waals surface area contributed by atoms with E-state index < -0.39 is 5.97 Å². The predicted molar refractivity (Wildman–Crippen MR) is 96.2 cm³/mol. The van der Waals surface area contributed by atoms with Crippen molar-refractivity contribution in [2.24, 2.45) is 0 Å². The van der Waals surface area contributed by atoms with Crippen LogP contribution < -0.4 is 10.1 Å². The van der Waals surface area contributed by atoms with Crippen molar-refractivity contribution in [3.8, 4) is 5.75 Å². The van der Waals surface area contributed by atoms with Crippen molar-refractivity contribution in [3.63, 3.8) is 0 Å². The third-order valence-corrected chi connectivity index (χ3v) is 4.91. The highest BCUT2D eigenvalue weighted by Crippen LogP contribution is 2.35. The second-order valence-corrected chi connectivity index (χ2v) is 6.33. The number of amides is 1. The second kappa shape index (κ2) is 7.68. The first-order chi connectivity index (χ1) is 11.3. The zero-order valence-electron chi connectivity index (χ0n) is 13.0. The van der Waals surface area contributed by atoms with Crippen LogP contribution in [-0.4, -0.2) is 23.6 Å². The van der Waals surface area contributed by atoms with Gasteiger partial charge in [-0.05, 0) is 71.2 Å². The topological polar surface area (TPSA) is 75.6 Å². The van der Waals surface area contributed by atoms with Crippen molar-refractivity contribution in [2.75, 3.05) is 11.9 Å². The van der Waals surface area contributed by atoms with Gasteiger partial charge in [-0.3, -0.25) is 4.79 Å². The summed E-state index contributed by atoms with van der Waals surface area (Å²) < 4.78 is 6.24. The highest BCUT2D eigenvalue weighted by Gasteiger charge is 2.12. The first kappa shape index (κ1) is 18.3. The van der Waals surface area contributed by atoms with Crippen LogP contribution in [0.3, 0.4) is 0 Å². The molecule has 0 aromatic heterocycles. The number of nitrogens with one attached hydrogen (secondary N) is 1. The number of rotatable bonds is 5. The monoisotopic (exact) mass is 411 g/mol. The second-order valence-electron chi connectivity index (χ2n) is 5.16. The van der Waals surface area contributed by atoms with Crippen molar-refractivity contribution in [1.82, 2.24) is 0 Å². The zero-order chi connectivity index (χ0) is 17.9. The fourth-order valence-corrected chi connectivity index (χ4v) is 2.73. The number of carboxylic acids is 1. The molecular weight excluding hydrogens is 398 g/mol. The Labute approximate surface area is 152 Å². The fourth-order valence-electron chi connectivity index (χ4n) is 2.04. The molecule has 0 saturated carbocycles. The molecule has 126 valence electrons. The number of anilines is 1. The SMILES string of the molecule is Cc1cc(OCC(=O)Nc2ccc(C(=O)O)cc2)c(Br)c(C)c1Cl. The predicted octanol–water partition coefficient (Wildman–Crippen LogP) is 4.44. The summed E-state index contributed by atoms with van der Waals surface area (Å²) in [4.78, 5) is 22.7. The molecular formula is C17H15BrClNO4. The van der Waals surface area contributed by atoms with E-state index in [0.717, 1.165) is 11.1 Å². The third kappa shape index (κ3) is 4.27. The van der Waals surface area contributed by atoms with Crippen LogP contribution in [0.1, 0.15) is 21.5 Å². The molecule has 0 fully saturated rings. The summed E-state index contributed by atoms with van der Waals surface area (Å²) in [5.74, 6) is -0.837. The molecule has 2 aromatic rings. The van der Waals surface area contributed by atoms with Gasteiger partial charge < -0.3 is 15.2 Å². The quantitative estimate of drug-likeness (QED) is 0.761. The molecule has 0 atom stereocenters. The molecule has 0 aliphatic heterocycles. The Morgan fingerprint density at radius 3 is 2.46 bits per heavy atom. The number of benzene rings is 2. The summed E-state index contributed by atoms with van der Waals surface area (Å²) in [5, 5.41) is 12.1. The number of carboxylic acid groups (broad SMARTS) is 1. The van der Waals surface area contributed by atoms with Crippen molar-refractivity contribution < 1.29 is 19.4 Å². The van der Waals surface area contributed by atoms with Gasteiger partial charge in [0.25, 0.3) is 5.91 Å². The number of carbonyl (C=O) groups is 2. The van der Waals surface area contributed by atoms with E-state index in [1.54, 1.807) is 6.07 Å². The maximum atomic E-state index is 12.0. The van der Waals surface area contributed by atoms with E-state index in [-0.39, 0.29) is 18.1 Å². The number of aromatic carboxylic acids is 1. The summed E-state index contributed by atoms with van der Waals surface area (Å²) >= 11 is 9.56. The maximum Gasteiger partial charge on any atom is 0.335 e. The lowest BCUT2D eigenvalue weighted by Crippen LogP contribution is -2.20. The first-order valence-corrected chi connectivity index (χ1v) is 8.18. The van der Waals surface area contributed by atoms with Gasteiger partial charge in [0, 0.05) is 10.7 Å². The lowest BCUT2D eigenvalue weighted by atomic mass is 10.1. The molecule has 2 N–H and O–H groups in total. The highest BCUT2D eigenvalue weighted by atomic mass is 79.9. The summed E-state index contributed by atoms with van der Waals surface area (Å²) in [6.45, 7) is 3.54. The highest BCUT2D eigenvalue weighted by molar-refractivity contribution is 9.10. The van der Waals surface area contributed by atoms with Gasteiger partial charge in [0.2, 0.25) is 0 Å². The van der Waals surface area contributed by atoms with Gasteiger partial charge in [0.05, 0.1) is 10.0 Å². The summed E-state index contributed by atoms with van der Waals surface area (Å²) in [5.41, 5.74) is 2.35. The lowest BCUT2D eigenvalue weighted by Gasteiger charge is -2.13. The summed E-state index contributed by atoms with van der Waals surface area (Å²) in [6.07, 6.45) is 0. The summed E-state index contributed by atoms with van der Waals surface area (Å²) in [7, 11) is 0. The minimum atomic E-state index is -1.02. The van der Waals surface area contributed by atoms with Crippen LogP contribution in [0.25, 0.3) is 0 Å². The Balaban J connectivity index is 2.00. The molecule has 0 saturated heterocycles. The number of hydrogen-bond donors (Lipinski definition) is 2. The van der Waals surface area contributed by atoms with Gasteiger partial charge in [-0.15, -0.1) is 0 Å². The van der Waals surface area contributed by atoms with Crippen LogP contribution in [0.15, 0.2) is 34.8 Å². The van der Waals surface area contributed by atoms with Crippen LogP contribution in [0, 0.1) is 13.8 Å². The van der Waals surface area contributed by atoms with Gasteiger partial charge in [-0.2, -0.15) is 0 Å². The Morgan fingerprint density at radius 2 is 1.88 bits per heavy atom. The Hall–Kier alpha value is -2.05. The smallest absolute Gasteiger partial charge is 0.335 e. The molecule has 1 amide bonds. The van der Waals surface area contributed by atoms with Crippen LogP contribution in [0.4, 0.5) is 5.69 Å². The van der Waals surface area contributed by atoms with Crippen LogP contribution in [0.5, 0.6) is 5.75 Å². The molecule has 0 bridgehead atoms. The number of halogens is 2. The van der Waals surface area contributed by atoms with E-state index in [4.69, 9.17) is 21.4 Å². The molecule has 0 radical (unpaired) electrons. The average Bonchev–Trinajstić information content (AvgIpc) is 2.55. The molecule has 2 aromatic carbocycles. The third-order valence-electron chi connectivity index (χ3n) is 3.34. The molecule has 24 heavy (non-hydrogen) atoms. The van der Waals surface area contributed by atoms with E-state index in [1.807, 2.05) is 13.8 Å². The average molecular weight is 413 g/mol. The Bertz CT molecular complexity index is 790. The molecule has 7 heteroatoms. The molecule has 0 spiro atoms. The molecule has 2 rings (SSSR count). The minimum absolute atomic E-state index is 0.153. The normalized spacial score (nSPS) is 10.3. The fraction of sp³-hybridized carbons (Fsp3) is 0.176. The molecule has 0 aliphatic rings. The molecule has 0 unspecified atom stereocenters. The van der Waals surface area contributed by atoms with E-state index in [0.29, 0.717) is 20.9 Å². The number of ether oxygens (including phenoxy) is 1. The Morgan fingerprint density at radius 1 is 1.25 bits per heavy atom. The Kier molecular flexibility index (Phi) is 5.85. The van der Waals surface area contributed by atoms with Crippen molar-refractivity contribution in [3.05, 3.63) is 56.5 Å². The van der Waals surface area contributed by atoms with Gasteiger partial charge >= 0.3 is 5.97 Å². The van der Waals surface area contributed by atoms with E-state index >= 15 is 0 Å². The van der Waals surface area contributed by atoms with Gasteiger partial charge in [-0.1, -0.05) is 11.6 Å². The standard InChI is InChI=1S/C17H15BrClNO4/c1-9-7-13(15(18)10(2)16(9)19)24-8-14(21)20-12-5-3-11(4-6-12)17(22)23/h3-7H,8H2,1-2H3,(H,20,21)(H,22,23). The maximum absolute atomic E-state index is 12.0.